The van der Waals surface area contributed by atoms with Gasteiger partial charge in [0.05, 0.1) is 35.7 Å². The first kappa shape index (κ1) is 37.0. The number of hydrogen-bond acceptors (Lipinski definition) is 7. The van der Waals surface area contributed by atoms with Crippen molar-refractivity contribution in [1.82, 2.24) is 15.1 Å². The van der Waals surface area contributed by atoms with Crippen molar-refractivity contribution >= 4 is 47.1 Å². The summed E-state index contributed by atoms with van der Waals surface area (Å²) in [6.45, 7) is 5.81. The van der Waals surface area contributed by atoms with Gasteiger partial charge >= 0.3 is 6.18 Å². The van der Waals surface area contributed by atoms with Crippen LogP contribution >= 0.6 is 0 Å². The number of piperidine rings is 1. The zero-order chi connectivity index (χ0) is 36.4. The van der Waals surface area contributed by atoms with Crippen molar-refractivity contribution in [2.75, 3.05) is 69.7 Å². The van der Waals surface area contributed by atoms with Crippen LogP contribution in [0.3, 0.4) is 0 Å². The number of benzene rings is 3. The number of hydrogen-bond donors (Lipinski definition) is 3. The Morgan fingerprint density at radius 2 is 1.65 bits per heavy atom. The molecule has 5 rings (SSSR count). The van der Waals surface area contributed by atoms with Crippen LogP contribution in [0.15, 0.2) is 76.7 Å². The van der Waals surface area contributed by atoms with E-state index in [1.807, 2.05) is 6.07 Å². The summed E-state index contributed by atoms with van der Waals surface area (Å²) < 4.78 is 44.5. The summed E-state index contributed by atoms with van der Waals surface area (Å²) in [6.07, 6.45) is -0.479. The highest BCUT2D eigenvalue weighted by Gasteiger charge is 2.30. The van der Waals surface area contributed by atoms with E-state index in [1.54, 1.807) is 42.3 Å². The molecule has 12 nitrogen and oxygen atoms in total. The molecule has 0 spiro atoms. The van der Waals surface area contributed by atoms with Gasteiger partial charge in [0.2, 0.25) is 5.96 Å². The van der Waals surface area contributed by atoms with E-state index < -0.39 is 23.6 Å². The lowest BCUT2D eigenvalue weighted by molar-refractivity contribution is -0.137. The number of carbonyl (C=O) groups excluding carboxylic acids is 3. The maximum Gasteiger partial charge on any atom is 0.416 e. The molecule has 4 N–H and O–H groups in total. The van der Waals surface area contributed by atoms with E-state index in [0.717, 1.165) is 69.6 Å². The van der Waals surface area contributed by atoms with E-state index in [0.29, 0.717) is 31.9 Å². The Kier molecular flexibility index (Phi) is 12.4. The lowest BCUT2D eigenvalue weighted by Crippen LogP contribution is -2.41. The number of likely N-dealkylation sites (N-methyl/N-ethyl adjacent to an activating group) is 1. The predicted molar refractivity (Wildman–Crippen MR) is 190 cm³/mol. The summed E-state index contributed by atoms with van der Waals surface area (Å²) in [6, 6.07) is 15.8. The second-order valence-corrected chi connectivity index (χ2v) is 12.3. The molecule has 2 fully saturated rings. The molecule has 0 aliphatic carbocycles. The van der Waals surface area contributed by atoms with Crippen LogP contribution in [0.25, 0.3) is 0 Å². The average Bonchev–Trinajstić information content (AvgIpc) is 3.14. The Morgan fingerprint density at radius 3 is 2.39 bits per heavy atom. The second kappa shape index (κ2) is 17.1. The molecule has 3 amide bonds. The van der Waals surface area contributed by atoms with Gasteiger partial charge in [-0.2, -0.15) is 13.2 Å². The summed E-state index contributed by atoms with van der Waals surface area (Å²) >= 11 is 0. The van der Waals surface area contributed by atoms with Crippen molar-refractivity contribution in [3.63, 3.8) is 0 Å². The van der Waals surface area contributed by atoms with Crippen molar-refractivity contribution in [2.24, 2.45) is 15.7 Å². The number of halogens is 3. The molecule has 0 saturated carbocycles. The van der Waals surface area contributed by atoms with Crippen molar-refractivity contribution < 1.29 is 32.3 Å². The summed E-state index contributed by atoms with van der Waals surface area (Å²) in [5.74, 6) is -1.80. The van der Waals surface area contributed by atoms with Gasteiger partial charge in [-0.15, -0.1) is 0 Å². The molecule has 2 aliphatic heterocycles. The first-order valence-corrected chi connectivity index (χ1v) is 16.7. The van der Waals surface area contributed by atoms with E-state index in [2.05, 4.69) is 30.4 Å². The smallest absolute Gasteiger partial charge is 0.379 e. The molecule has 15 heteroatoms. The van der Waals surface area contributed by atoms with Gasteiger partial charge in [-0.3, -0.25) is 24.6 Å². The molecule has 0 unspecified atom stereocenters. The van der Waals surface area contributed by atoms with Gasteiger partial charge in [0, 0.05) is 63.1 Å². The molecule has 2 aliphatic rings. The van der Waals surface area contributed by atoms with Crippen LogP contribution in [0, 0.1) is 0 Å². The maximum absolute atomic E-state index is 13.5. The van der Waals surface area contributed by atoms with E-state index in [9.17, 15) is 27.6 Å². The van der Waals surface area contributed by atoms with E-state index >= 15 is 0 Å². The van der Waals surface area contributed by atoms with Gasteiger partial charge in [-0.05, 0) is 73.9 Å². The topological polar surface area (TPSA) is 145 Å². The maximum atomic E-state index is 13.5. The monoisotopic (exact) mass is 706 g/mol. The molecule has 0 radical (unpaired) electrons. The van der Waals surface area contributed by atoms with Crippen LogP contribution in [0.4, 0.5) is 30.2 Å². The van der Waals surface area contributed by atoms with E-state index in [4.69, 9.17) is 10.5 Å². The fourth-order valence-corrected chi connectivity index (χ4v) is 5.74. The van der Waals surface area contributed by atoms with Crippen LogP contribution in [-0.2, 0) is 10.9 Å². The Hall–Kier alpha value is -5.28. The first-order valence-electron chi connectivity index (χ1n) is 16.7. The summed E-state index contributed by atoms with van der Waals surface area (Å²) in [5.41, 5.74) is 6.73. The van der Waals surface area contributed by atoms with Crippen molar-refractivity contribution in [3.8, 4) is 0 Å². The van der Waals surface area contributed by atoms with Crippen LogP contribution in [0.5, 0.6) is 0 Å². The SMILES string of the molecule is CN(CCN1CCOCC1)C(=O)c1cccc(C(=O)Nc2ccc(N3CCCCC3)cc2C(=O)NC(N)=NC=Nc2cccc(C(F)(F)F)c2)c1. The number of anilines is 2. The molecule has 0 aromatic heterocycles. The molecule has 3 aromatic carbocycles. The van der Waals surface area contributed by atoms with Gasteiger partial charge < -0.3 is 25.6 Å². The molecular formula is C36H41F3N8O4. The third kappa shape index (κ3) is 10.4. The predicted octanol–water partition coefficient (Wildman–Crippen LogP) is 4.76. The summed E-state index contributed by atoms with van der Waals surface area (Å²) in [5, 5.41) is 5.26. The minimum absolute atomic E-state index is 0.00247. The highest BCUT2D eigenvalue weighted by Crippen LogP contribution is 2.31. The normalized spacial score (nSPS) is 15.8. The molecule has 2 saturated heterocycles. The zero-order valence-corrected chi connectivity index (χ0v) is 28.3. The number of aliphatic imine (C=N–C) groups is 2. The number of guanidine groups is 1. The zero-order valence-electron chi connectivity index (χ0n) is 28.3. The number of morpholine rings is 1. The highest BCUT2D eigenvalue weighted by molar-refractivity contribution is 6.13. The molecule has 0 atom stereocenters. The highest BCUT2D eigenvalue weighted by atomic mass is 19.4. The molecule has 270 valence electrons. The van der Waals surface area contributed by atoms with E-state index in [1.165, 1.54) is 18.2 Å². The van der Waals surface area contributed by atoms with Gasteiger partial charge in [0.25, 0.3) is 17.7 Å². The van der Waals surface area contributed by atoms with Crippen LogP contribution < -0.4 is 21.3 Å². The minimum Gasteiger partial charge on any atom is -0.379 e. The summed E-state index contributed by atoms with van der Waals surface area (Å²) in [7, 11) is 1.72. The first-order chi connectivity index (χ1) is 24.5. The standard InChI is InChI=1S/C36H41F3N8O4/c1-45(15-16-46-17-19-51-20-18-46)34(50)26-8-5-7-25(21-26)32(48)43-31-12-11-29(47-13-3-2-4-14-47)23-30(31)33(49)44-35(40)42-24-41-28-10-6-9-27(22-28)36(37,38)39/h5-12,21-24H,2-4,13-20H2,1H3,(H,43,48)(H3,40,41,42,44,49). The number of amides is 3. The number of ether oxygens (including phenoxy) is 1. The number of carbonyl (C=O) groups is 3. The Bertz CT molecular complexity index is 1770. The van der Waals surface area contributed by atoms with Gasteiger partial charge in [-0.25, -0.2) is 9.98 Å². The lowest BCUT2D eigenvalue weighted by Gasteiger charge is -2.29. The Morgan fingerprint density at radius 1 is 0.922 bits per heavy atom. The molecule has 0 bridgehead atoms. The molecule has 2 heterocycles. The van der Waals surface area contributed by atoms with Gasteiger partial charge in [-0.1, -0.05) is 12.1 Å². The molecular weight excluding hydrogens is 665 g/mol. The van der Waals surface area contributed by atoms with Crippen LogP contribution in [0.2, 0.25) is 0 Å². The third-order valence-corrected chi connectivity index (χ3v) is 8.61. The number of nitrogens with two attached hydrogens (primary N) is 1. The average molecular weight is 707 g/mol. The number of nitrogens with zero attached hydrogens (tertiary/aromatic N) is 5. The summed E-state index contributed by atoms with van der Waals surface area (Å²) in [4.78, 5) is 54.0. The van der Waals surface area contributed by atoms with Crippen LogP contribution in [0.1, 0.15) is 55.9 Å². The van der Waals surface area contributed by atoms with Gasteiger partial charge in [0.1, 0.15) is 6.34 Å². The quantitative estimate of drug-likeness (QED) is 0.204. The fourth-order valence-electron chi connectivity index (χ4n) is 5.74. The van der Waals surface area contributed by atoms with Crippen molar-refractivity contribution in [1.29, 1.82) is 0 Å². The third-order valence-electron chi connectivity index (χ3n) is 8.61. The van der Waals surface area contributed by atoms with Gasteiger partial charge in [0.15, 0.2) is 0 Å². The largest absolute Gasteiger partial charge is 0.416 e. The Labute approximate surface area is 294 Å². The number of nitrogens with one attached hydrogen (secondary N) is 2. The number of rotatable bonds is 10. The number of alkyl halides is 3. The second-order valence-electron chi connectivity index (χ2n) is 12.3. The Balaban J connectivity index is 1.30. The van der Waals surface area contributed by atoms with Crippen molar-refractivity contribution in [3.05, 3.63) is 89.0 Å². The minimum atomic E-state index is -4.53. The molecule has 3 aromatic rings. The fraction of sp³-hybridized carbons (Fsp3) is 0.361. The lowest BCUT2D eigenvalue weighted by atomic mass is 10.1. The molecule has 51 heavy (non-hydrogen) atoms. The van der Waals surface area contributed by atoms with Crippen molar-refractivity contribution in [2.45, 2.75) is 25.4 Å². The van der Waals surface area contributed by atoms with Crippen LogP contribution in [-0.4, -0.2) is 99.3 Å². The van der Waals surface area contributed by atoms with E-state index in [-0.39, 0.29) is 34.4 Å².